The molecule has 14 heavy (non-hydrogen) atoms. The van der Waals surface area contributed by atoms with Crippen molar-refractivity contribution >= 4 is 5.84 Å². The van der Waals surface area contributed by atoms with Crippen LogP contribution in [0.1, 0.15) is 11.3 Å². The molecule has 0 atom stereocenters. The second-order valence-electron chi connectivity index (χ2n) is 2.75. The summed E-state index contributed by atoms with van der Waals surface area (Å²) in [6.07, 6.45) is -3.23. The van der Waals surface area contributed by atoms with Gasteiger partial charge in [0, 0.05) is 12.6 Å². The number of hydrogen-bond acceptors (Lipinski definition) is 2. The number of alkyl halides is 3. The second-order valence-corrected chi connectivity index (χ2v) is 2.75. The van der Waals surface area contributed by atoms with E-state index >= 15 is 0 Å². The van der Waals surface area contributed by atoms with Crippen molar-refractivity contribution in [2.45, 2.75) is 12.6 Å². The molecule has 1 heterocycles. The minimum Gasteiger partial charge on any atom is -0.387 e. The smallest absolute Gasteiger partial charge is 0.387 e. The fraction of sp³-hybridized carbons (Fsp3) is 0.250. The number of aromatic nitrogens is 1. The van der Waals surface area contributed by atoms with Gasteiger partial charge in [0.2, 0.25) is 0 Å². The lowest BCUT2D eigenvalue weighted by Crippen LogP contribution is -2.13. The molecule has 0 radical (unpaired) electrons. The Balaban J connectivity index is 2.84. The molecule has 0 fully saturated rings. The molecule has 0 spiro atoms. The normalized spacial score (nSPS) is 11.4. The van der Waals surface area contributed by atoms with Crippen LogP contribution in [0.15, 0.2) is 18.3 Å². The Hall–Kier alpha value is -1.59. The van der Waals surface area contributed by atoms with Crippen LogP contribution in [-0.2, 0) is 12.6 Å². The van der Waals surface area contributed by atoms with Gasteiger partial charge >= 0.3 is 6.18 Å². The monoisotopic (exact) mass is 203 g/mol. The van der Waals surface area contributed by atoms with E-state index in [2.05, 4.69) is 4.98 Å². The van der Waals surface area contributed by atoms with E-state index in [1.54, 1.807) is 0 Å². The molecular weight excluding hydrogens is 195 g/mol. The molecule has 6 heteroatoms. The Morgan fingerprint density at radius 1 is 1.43 bits per heavy atom. The van der Waals surface area contributed by atoms with Gasteiger partial charge in [0.15, 0.2) is 0 Å². The maximum absolute atomic E-state index is 12.1. The van der Waals surface area contributed by atoms with Crippen molar-refractivity contribution in [2.24, 2.45) is 5.73 Å². The van der Waals surface area contributed by atoms with Gasteiger partial charge in [-0.2, -0.15) is 13.2 Å². The van der Waals surface area contributed by atoms with Gasteiger partial charge in [0.25, 0.3) is 0 Å². The van der Waals surface area contributed by atoms with Crippen molar-refractivity contribution in [3.63, 3.8) is 0 Å². The number of amidine groups is 1. The van der Waals surface area contributed by atoms with E-state index in [4.69, 9.17) is 11.1 Å². The number of halogens is 3. The SMILES string of the molecule is N=C(N)Cc1ccc(C(F)(F)F)nc1. The molecule has 0 bridgehead atoms. The highest BCUT2D eigenvalue weighted by molar-refractivity contribution is 5.79. The van der Waals surface area contributed by atoms with Crippen molar-refractivity contribution < 1.29 is 13.2 Å². The van der Waals surface area contributed by atoms with Gasteiger partial charge in [-0.05, 0) is 11.6 Å². The first-order chi connectivity index (χ1) is 6.39. The van der Waals surface area contributed by atoms with Crippen molar-refractivity contribution in [1.82, 2.24) is 4.98 Å². The Labute approximate surface area is 78.3 Å². The molecule has 0 saturated heterocycles. The van der Waals surface area contributed by atoms with Crippen LogP contribution in [0.4, 0.5) is 13.2 Å². The van der Waals surface area contributed by atoms with E-state index < -0.39 is 11.9 Å². The molecule has 0 unspecified atom stereocenters. The Morgan fingerprint density at radius 3 is 2.43 bits per heavy atom. The number of rotatable bonds is 2. The minimum atomic E-state index is -4.42. The zero-order valence-electron chi connectivity index (χ0n) is 7.10. The molecule has 0 aliphatic rings. The van der Waals surface area contributed by atoms with Crippen LogP contribution in [0, 0.1) is 5.41 Å². The maximum atomic E-state index is 12.1. The highest BCUT2D eigenvalue weighted by Gasteiger charge is 2.31. The molecule has 3 N–H and O–H groups in total. The van der Waals surface area contributed by atoms with E-state index in [1.165, 1.54) is 6.07 Å². The van der Waals surface area contributed by atoms with Gasteiger partial charge < -0.3 is 5.73 Å². The first-order valence-corrected chi connectivity index (χ1v) is 3.74. The van der Waals surface area contributed by atoms with Crippen molar-refractivity contribution in [3.05, 3.63) is 29.6 Å². The molecule has 76 valence electrons. The fourth-order valence-electron chi connectivity index (χ4n) is 0.917. The Kier molecular flexibility index (Phi) is 2.73. The average Bonchev–Trinajstić information content (AvgIpc) is 2.02. The Morgan fingerprint density at radius 2 is 2.07 bits per heavy atom. The van der Waals surface area contributed by atoms with Crippen LogP contribution < -0.4 is 5.73 Å². The van der Waals surface area contributed by atoms with E-state index in [0.29, 0.717) is 5.56 Å². The largest absolute Gasteiger partial charge is 0.433 e. The topological polar surface area (TPSA) is 62.8 Å². The Bertz CT molecular complexity index is 329. The third-order valence-electron chi connectivity index (χ3n) is 1.51. The van der Waals surface area contributed by atoms with Gasteiger partial charge in [-0.25, -0.2) is 0 Å². The number of nitrogens with one attached hydrogen (secondary N) is 1. The number of pyridine rings is 1. The van der Waals surface area contributed by atoms with E-state index in [-0.39, 0.29) is 12.3 Å². The van der Waals surface area contributed by atoms with Crippen LogP contribution in [-0.4, -0.2) is 10.8 Å². The molecule has 0 amide bonds. The minimum absolute atomic E-state index is 0.105. The van der Waals surface area contributed by atoms with Gasteiger partial charge in [0.05, 0.1) is 5.84 Å². The third kappa shape index (κ3) is 2.72. The summed E-state index contributed by atoms with van der Waals surface area (Å²) >= 11 is 0. The van der Waals surface area contributed by atoms with Crippen LogP contribution >= 0.6 is 0 Å². The zero-order chi connectivity index (χ0) is 10.8. The molecular formula is C8H8F3N3. The molecule has 1 aromatic rings. The van der Waals surface area contributed by atoms with Crippen molar-refractivity contribution in [1.29, 1.82) is 5.41 Å². The summed E-state index contributed by atoms with van der Waals surface area (Å²) in [5.74, 6) is -0.105. The van der Waals surface area contributed by atoms with E-state index in [1.807, 2.05) is 0 Å². The standard InChI is InChI=1S/C8H8F3N3/c9-8(10,11)6-2-1-5(4-14-6)3-7(12)13/h1-2,4H,3H2,(H3,12,13). The third-order valence-corrected chi connectivity index (χ3v) is 1.51. The molecule has 0 aliphatic heterocycles. The summed E-state index contributed by atoms with van der Waals surface area (Å²) in [5.41, 5.74) is 4.63. The van der Waals surface area contributed by atoms with Crippen LogP contribution in [0.3, 0.4) is 0 Å². The summed E-state index contributed by atoms with van der Waals surface area (Å²) in [6, 6.07) is 2.13. The van der Waals surface area contributed by atoms with E-state index in [9.17, 15) is 13.2 Å². The summed E-state index contributed by atoms with van der Waals surface area (Å²) in [6.45, 7) is 0. The van der Waals surface area contributed by atoms with Gasteiger partial charge in [-0.1, -0.05) is 6.07 Å². The maximum Gasteiger partial charge on any atom is 0.433 e. The quantitative estimate of drug-likeness (QED) is 0.566. The molecule has 1 aromatic heterocycles. The first-order valence-electron chi connectivity index (χ1n) is 3.74. The predicted octanol–water partition coefficient (Wildman–Crippen LogP) is 1.58. The molecule has 0 aromatic carbocycles. The lowest BCUT2D eigenvalue weighted by Gasteiger charge is -2.05. The van der Waals surface area contributed by atoms with Crippen molar-refractivity contribution in [3.8, 4) is 0 Å². The van der Waals surface area contributed by atoms with Gasteiger partial charge in [0.1, 0.15) is 5.69 Å². The van der Waals surface area contributed by atoms with Gasteiger partial charge in [-0.15, -0.1) is 0 Å². The zero-order valence-corrected chi connectivity index (χ0v) is 7.10. The highest BCUT2D eigenvalue weighted by Crippen LogP contribution is 2.27. The second kappa shape index (κ2) is 3.65. The van der Waals surface area contributed by atoms with Gasteiger partial charge in [-0.3, -0.25) is 10.4 Å². The molecule has 0 saturated carbocycles. The predicted molar refractivity (Wildman–Crippen MR) is 44.9 cm³/mol. The highest BCUT2D eigenvalue weighted by atomic mass is 19.4. The molecule has 1 rings (SSSR count). The van der Waals surface area contributed by atoms with E-state index in [0.717, 1.165) is 12.3 Å². The molecule has 0 aliphatic carbocycles. The average molecular weight is 203 g/mol. The first kappa shape index (κ1) is 10.5. The number of nitrogens with zero attached hydrogens (tertiary/aromatic N) is 1. The summed E-state index contributed by atoms with van der Waals surface area (Å²) in [4.78, 5) is 3.23. The summed E-state index contributed by atoms with van der Waals surface area (Å²) in [7, 11) is 0. The van der Waals surface area contributed by atoms with Crippen LogP contribution in [0.5, 0.6) is 0 Å². The van der Waals surface area contributed by atoms with Crippen LogP contribution in [0.2, 0.25) is 0 Å². The molecule has 3 nitrogen and oxygen atoms in total. The lowest BCUT2D eigenvalue weighted by atomic mass is 10.2. The van der Waals surface area contributed by atoms with Crippen LogP contribution in [0.25, 0.3) is 0 Å². The van der Waals surface area contributed by atoms with Crippen molar-refractivity contribution in [2.75, 3.05) is 0 Å². The summed E-state index contributed by atoms with van der Waals surface area (Å²) < 4.78 is 36.2. The fourth-order valence-corrected chi connectivity index (χ4v) is 0.917. The number of hydrogen-bond donors (Lipinski definition) is 2. The number of nitrogens with two attached hydrogens (primary N) is 1. The summed E-state index contributed by atoms with van der Waals surface area (Å²) in [5, 5.41) is 6.94. The lowest BCUT2D eigenvalue weighted by molar-refractivity contribution is -0.141.